The molecule has 1 atom stereocenters. The van der Waals surface area contributed by atoms with Gasteiger partial charge in [-0.25, -0.2) is 4.98 Å². The molecule has 1 aromatic carbocycles. The van der Waals surface area contributed by atoms with Gasteiger partial charge in [0.15, 0.2) is 5.96 Å². The molecule has 0 spiro atoms. The number of pyridine rings is 1. The predicted octanol–water partition coefficient (Wildman–Crippen LogP) is 2.79. The number of benzene rings is 1. The minimum atomic E-state index is 0. The summed E-state index contributed by atoms with van der Waals surface area (Å²) >= 11 is 0. The van der Waals surface area contributed by atoms with Gasteiger partial charge in [0.05, 0.1) is 18.7 Å². The molecule has 0 aliphatic carbocycles. The fourth-order valence-corrected chi connectivity index (χ4v) is 3.65. The summed E-state index contributed by atoms with van der Waals surface area (Å²) < 4.78 is 5.49. The van der Waals surface area contributed by atoms with Crippen LogP contribution >= 0.6 is 24.0 Å². The number of ether oxygens (including phenoxy) is 1. The molecular formula is C22H35IN6O. The number of fused-ring (bicyclic) bond motifs is 1. The first-order valence-corrected chi connectivity index (χ1v) is 10.5. The Morgan fingerprint density at radius 1 is 1.10 bits per heavy atom. The number of hydrogen-bond acceptors (Lipinski definition) is 5. The van der Waals surface area contributed by atoms with Crippen molar-refractivity contribution < 1.29 is 4.74 Å². The Kier molecular flexibility index (Phi) is 10.6. The highest BCUT2D eigenvalue weighted by atomic mass is 127. The molecule has 1 unspecified atom stereocenters. The second-order valence-corrected chi connectivity index (χ2v) is 7.66. The maximum absolute atomic E-state index is 5.49. The lowest BCUT2D eigenvalue weighted by Crippen LogP contribution is -2.52. The minimum absolute atomic E-state index is 0. The first-order chi connectivity index (χ1) is 14.2. The molecule has 0 amide bonds. The van der Waals surface area contributed by atoms with E-state index in [0.29, 0.717) is 12.0 Å². The molecule has 1 aliphatic heterocycles. The first-order valence-electron chi connectivity index (χ1n) is 10.5. The van der Waals surface area contributed by atoms with E-state index in [-0.39, 0.29) is 24.0 Å². The summed E-state index contributed by atoms with van der Waals surface area (Å²) in [4.78, 5) is 11.5. The van der Waals surface area contributed by atoms with Crippen LogP contribution in [-0.4, -0.2) is 74.9 Å². The van der Waals surface area contributed by atoms with Crippen molar-refractivity contribution in [2.45, 2.75) is 19.9 Å². The molecule has 0 saturated carbocycles. The Bertz CT molecular complexity index is 794. The second-order valence-electron chi connectivity index (χ2n) is 7.66. The number of guanidine groups is 1. The SMILES string of the molecule is CN=C(NCCNc1ccc2ccccc2n1)NCC(C(C)C)N1CCOCC1.I. The summed E-state index contributed by atoms with van der Waals surface area (Å²) in [5.74, 6) is 2.29. The van der Waals surface area contributed by atoms with E-state index in [4.69, 9.17) is 4.74 Å². The molecule has 166 valence electrons. The molecule has 3 rings (SSSR count). The number of morpholine rings is 1. The standard InChI is InChI=1S/C22H34N6O.HI/c1-17(2)20(28-12-14-29-15-13-28)16-26-22(23-3)25-11-10-24-21-9-8-18-6-4-5-7-19(18)27-21;/h4-9,17,20H,10-16H2,1-3H3,(H,24,27)(H2,23,25,26);1H. The van der Waals surface area contributed by atoms with Gasteiger partial charge in [-0.15, -0.1) is 24.0 Å². The molecule has 0 bridgehead atoms. The van der Waals surface area contributed by atoms with E-state index < -0.39 is 0 Å². The molecule has 1 aromatic heterocycles. The van der Waals surface area contributed by atoms with E-state index in [1.807, 2.05) is 31.3 Å². The summed E-state index contributed by atoms with van der Waals surface area (Å²) in [6.07, 6.45) is 0. The molecule has 1 aliphatic rings. The van der Waals surface area contributed by atoms with Gasteiger partial charge in [0, 0.05) is 51.2 Å². The fraction of sp³-hybridized carbons (Fsp3) is 0.545. The lowest BCUT2D eigenvalue weighted by Gasteiger charge is -2.37. The third kappa shape index (κ3) is 7.24. The van der Waals surface area contributed by atoms with Gasteiger partial charge < -0.3 is 20.7 Å². The van der Waals surface area contributed by atoms with Crippen LogP contribution in [0, 0.1) is 5.92 Å². The van der Waals surface area contributed by atoms with Gasteiger partial charge >= 0.3 is 0 Å². The number of para-hydroxylation sites is 1. The average Bonchev–Trinajstić information content (AvgIpc) is 2.75. The fourth-order valence-electron chi connectivity index (χ4n) is 3.65. The molecule has 7 nitrogen and oxygen atoms in total. The lowest BCUT2D eigenvalue weighted by atomic mass is 10.0. The normalized spacial score (nSPS) is 16.2. The number of nitrogens with zero attached hydrogens (tertiary/aromatic N) is 3. The Morgan fingerprint density at radius 2 is 1.87 bits per heavy atom. The zero-order valence-electron chi connectivity index (χ0n) is 18.2. The second kappa shape index (κ2) is 12.9. The maximum Gasteiger partial charge on any atom is 0.191 e. The highest BCUT2D eigenvalue weighted by Crippen LogP contribution is 2.14. The van der Waals surface area contributed by atoms with Crippen LogP contribution in [0.3, 0.4) is 0 Å². The third-order valence-corrected chi connectivity index (χ3v) is 5.31. The van der Waals surface area contributed by atoms with Crippen molar-refractivity contribution in [3.05, 3.63) is 36.4 Å². The van der Waals surface area contributed by atoms with Crippen LogP contribution in [0.1, 0.15) is 13.8 Å². The van der Waals surface area contributed by atoms with Gasteiger partial charge in [-0.05, 0) is 24.1 Å². The number of aliphatic imine (C=N–C) groups is 1. The van der Waals surface area contributed by atoms with Gasteiger partial charge in [0.25, 0.3) is 0 Å². The van der Waals surface area contributed by atoms with Crippen molar-refractivity contribution in [3.8, 4) is 0 Å². The van der Waals surface area contributed by atoms with Gasteiger partial charge in [-0.2, -0.15) is 0 Å². The molecule has 8 heteroatoms. The lowest BCUT2D eigenvalue weighted by molar-refractivity contribution is 0.00752. The van der Waals surface area contributed by atoms with Crippen molar-refractivity contribution in [1.82, 2.24) is 20.5 Å². The van der Waals surface area contributed by atoms with Crippen LogP contribution in [-0.2, 0) is 4.74 Å². The Balaban J connectivity index is 0.00000320. The first kappa shape index (κ1) is 24.6. The van der Waals surface area contributed by atoms with Crippen molar-refractivity contribution in [2.75, 3.05) is 58.3 Å². The van der Waals surface area contributed by atoms with Gasteiger partial charge in [0.2, 0.25) is 0 Å². The summed E-state index contributed by atoms with van der Waals surface area (Å²) in [5, 5.41) is 11.4. The maximum atomic E-state index is 5.49. The van der Waals surface area contributed by atoms with Crippen molar-refractivity contribution >= 4 is 46.7 Å². The quantitative estimate of drug-likeness (QED) is 0.213. The topological polar surface area (TPSA) is 73.8 Å². The Morgan fingerprint density at radius 3 is 2.60 bits per heavy atom. The molecular weight excluding hydrogens is 491 g/mol. The molecule has 3 N–H and O–H groups in total. The van der Waals surface area contributed by atoms with Crippen LogP contribution < -0.4 is 16.0 Å². The minimum Gasteiger partial charge on any atom is -0.379 e. The largest absolute Gasteiger partial charge is 0.379 e. The van der Waals surface area contributed by atoms with Gasteiger partial charge in [-0.3, -0.25) is 9.89 Å². The van der Waals surface area contributed by atoms with Crippen molar-refractivity contribution in [3.63, 3.8) is 0 Å². The third-order valence-electron chi connectivity index (χ3n) is 5.31. The average molecular weight is 526 g/mol. The van der Waals surface area contributed by atoms with Crippen LogP contribution in [0.15, 0.2) is 41.4 Å². The number of hydrogen-bond donors (Lipinski definition) is 3. The molecule has 30 heavy (non-hydrogen) atoms. The summed E-state index contributed by atoms with van der Waals surface area (Å²) in [6, 6.07) is 12.7. The van der Waals surface area contributed by atoms with Crippen LogP contribution in [0.5, 0.6) is 0 Å². The van der Waals surface area contributed by atoms with E-state index in [9.17, 15) is 0 Å². The number of nitrogens with one attached hydrogen (secondary N) is 3. The predicted molar refractivity (Wildman–Crippen MR) is 136 cm³/mol. The van der Waals surface area contributed by atoms with E-state index in [1.165, 1.54) is 0 Å². The van der Waals surface area contributed by atoms with E-state index in [2.05, 4.69) is 56.8 Å². The summed E-state index contributed by atoms with van der Waals surface area (Å²) in [6.45, 7) is 10.6. The summed E-state index contributed by atoms with van der Waals surface area (Å²) in [7, 11) is 1.81. The van der Waals surface area contributed by atoms with Crippen LogP contribution in [0.25, 0.3) is 10.9 Å². The van der Waals surface area contributed by atoms with Crippen LogP contribution in [0.4, 0.5) is 5.82 Å². The van der Waals surface area contributed by atoms with Crippen LogP contribution in [0.2, 0.25) is 0 Å². The number of rotatable bonds is 8. The number of aromatic nitrogens is 1. The van der Waals surface area contributed by atoms with Crippen molar-refractivity contribution in [2.24, 2.45) is 10.9 Å². The zero-order chi connectivity index (χ0) is 20.5. The molecule has 2 aromatic rings. The highest BCUT2D eigenvalue weighted by molar-refractivity contribution is 14.0. The van der Waals surface area contributed by atoms with E-state index in [1.54, 1.807) is 0 Å². The Hall–Kier alpha value is -1.65. The highest BCUT2D eigenvalue weighted by Gasteiger charge is 2.23. The van der Waals surface area contributed by atoms with Gasteiger partial charge in [0.1, 0.15) is 5.82 Å². The van der Waals surface area contributed by atoms with Gasteiger partial charge in [-0.1, -0.05) is 32.0 Å². The molecule has 0 radical (unpaired) electrons. The smallest absolute Gasteiger partial charge is 0.191 e. The van der Waals surface area contributed by atoms with Crippen molar-refractivity contribution in [1.29, 1.82) is 0 Å². The number of anilines is 1. The molecule has 1 fully saturated rings. The monoisotopic (exact) mass is 526 g/mol. The zero-order valence-corrected chi connectivity index (χ0v) is 20.6. The molecule has 2 heterocycles. The molecule has 1 saturated heterocycles. The van der Waals surface area contributed by atoms with E-state index in [0.717, 1.165) is 68.6 Å². The Labute approximate surface area is 197 Å². The summed E-state index contributed by atoms with van der Waals surface area (Å²) in [5.41, 5.74) is 1.01. The van der Waals surface area contributed by atoms with E-state index >= 15 is 0 Å². The number of halogens is 1.